The largest absolute Gasteiger partial charge is 0.469 e. The number of furan rings is 1. The lowest BCUT2D eigenvalue weighted by Crippen LogP contribution is -2.35. The number of halogens is 2. The normalized spacial score (nSPS) is 20.1. The molecule has 2 aromatic carbocycles. The fraction of sp³-hybridized carbons (Fsp3) is 0.379. The number of carbonyl (C=O) groups excluding carboxylic acids is 2. The van der Waals surface area contributed by atoms with Gasteiger partial charge in [-0.2, -0.15) is 0 Å². The molecule has 0 spiro atoms. The van der Waals surface area contributed by atoms with Gasteiger partial charge in [0.2, 0.25) is 5.91 Å². The SMILES string of the molecule is O=C(CCc1ccco1)NC(CCN1CC2CN(C(=O)c3c(F)cccc3Cl)C[C@@H]2C1)c1ccccc1. The number of hydrogen-bond donors (Lipinski definition) is 1. The van der Waals surface area contributed by atoms with E-state index in [-0.39, 0.29) is 28.4 Å². The molecule has 37 heavy (non-hydrogen) atoms. The van der Waals surface area contributed by atoms with Crippen molar-refractivity contribution in [2.24, 2.45) is 11.8 Å². The molecule has 0 aliphatic carbocycles. The van der Waals surface area contributed by atoms with Gasteiger partial charge < -0.3 is 19.5 Å². The van der Waals surface area contributed by atoms with E-state index in [1.807, 2.05) is 42.5 Å². The first-order valence-electron chi connectivity index (χ1n) is 12.8. The smallest absolute Gasteiger partial charge is 0.258 e. The lowest BCUT2D eigenvalue weighted by molar-refractivity contribution is -0.122. The van der Waals surface area contributed by atoms with E-state index in [4.69, 9.17) is 16.0 Å². The average molecular weight is 524 g/mol. The predicted octanol–water partition coefficient (Wildman–Crippen LogP) is 4.96. The first kappa shape index (κ1) is 25.5. The fourth-order valence-electron chi connectivity index (χ4n) is 5.58. The summed E-state index contributed by atoms with van der Waals surface area (Å²) in [6, 6.07) is 18.0. The van der Waals surface area contributed by atoms with Crippen LogP contribution < -0.4 is 5.32 Å². The monoisotopic (exact) mass is 523 g/mol. The topological polar surface area (TPSA) is 65.8 Å². The molecule has 8 heteroatoms. The average Bonchev–Trinajstić information content (AvgIpc) is 3.63. The summed E-state index contributed by atoms with van der Waals surface area (Å²) < 4.78 is 19.6. The molecule has 2 fully saturated rings. The summed E-state index contributed by atoms with van der Waals surface area (Å²) in [5, 5.41) is 3.37. The summed E-state index contributed by atoms with van der Waals surface area (Å²) in [6.45, 7) is 3.82. The van der Waals surface area contributed by atoms with Crippen LogP contribution in [0.1, 0.15) is 40.6 Å². The molecule has 3 aromatic rings. The molecule has 0 saturated carbocycles. The number of aryl methyl sites for hydroxylation is 1. The number of benzene rings is 2. The van der Waals surface area contributed by atoms with Crippen LogP contribution in [0.15, 0.2) is 71.3 Å². The highest BCUT2D eigenvalue weighted by Crippen LogP contribution is 2.33. The fourth-order valence-corrected chi connectivity index (χ4v) is 5.82. The maximum absolute atomic E-state index is 14.3. The van der Waals surface area contributed by atoms with Crippen LogP contribution in [0.4, 0.5) is 4.39 Å². The summed E-state index contributed by atoms with van der Waals surface area (Å²) in [7, 11) is 0. The Kier molecular flexibility index (Phi) is 7.91. The van der Waals surface area contributed by atoms with Crippen LogP contribution in [0, 0.1) is 17.7 Å². The molecular formula is C29H31ClFN3O3. The second kappa shape index (κ2) is 11.5. The molecule has 2 unspecified atom stereocenters. The van der Waals surface area contributed by atoms with Gasteiger partial charge in [0.15, 0.2) is 0 Å². The quantitative estimate of drug-likeness (QED) is 0.431. The van der Waals surface area contributed by atoms with Gasteiger partial charge in [-0.1, -0.05) is 48.0 Å². The van der Waals surface area contributed by atoms with Crippen LogP contribution >= 0.6 is 11.6 Å². The number of carbonyl (C=O) groups is 2. The first-order valence-corrected chi connectivity index (χ1v) is 13.2. The first-order chi connectivity index (χ1) is 18.0. The third-order valence-electron chi connectivity index (χ3n) is 7.48. The molecule has 1 aromatic heterocycles. The van der Waals surface area contributed by atoms with Crippen LogP contribution in [0.3, 0.4) is 0 Å². The second-order valence-electron chi connectivity index (χ2n) is 9.99. The number of rotatable bonds is 9. The molecular weight excluding hydrogens is 493 g/mol. The molecule has 5 rings (SSSR count). The zero-order valence-corrected chi connectivity index (χ0v) is 21.4. The third-order valence-corrected chi connectivity index (χ3v) is 7.79. The Labute approximate surface area is 221 Å². The van der Waals surface area contributed by atoms with Crippen LogP contribution in [-0.2, 0) is 11.2 Å². The highest BCUT2D eigenvalue weighted by molar-refractivity contribution is 6.33. The van der Waals surface area contributed by atoms with E-state index >= 15 is 0 Å². The highest BCUT2D eigenvalue weighted by atomic mass is 35.5. The predicted molar refractivity (Wildman–Crippen MR) is 140 cm³/mol. The number of likely N-dealkylation sites (tertiary alicyclic amines) is 2. The van der Waals surface area contributed by atoms with E-state index in [0.717, 1.165) is 37.4 Å². The van der Waals surface area contributed by atoms with Crippen molar-refractivity contribution in [3.63, 3.8) is 0 Å². The Morgan fingerprint density at radius 1 is 1.00 bits per heavy atom. The van der Waals surface area contributed by atoms with Crippen molar-refractivity contribution in [2.75, 3.05) is 32.7 Å². The Morgan fingerprint density at radius 2 is 1.76 bits per heavy atom. The lowest BCUT2D eigenvalue weighted by atomic mass is 10.0. The highest BCUT2D eigenvalue weighted by Gasteiger charge is 2.42. The van der Waals surface area contributed by atoms with Gasteiger partial charge in [0.25, 0.3) is 5.91 Å². The number of amides is 2. The van der Waals surface area contributed by atoms with Gasteiger partial charge in [-0.05, 0) is 48.1 Å². The van der Waals surface area contributed by atoms with E-state index in [9.17, 15) is 14.0 Å². The summed E-state index contributed by atoms with van der Waals surface area (Å²) >= 11 is 6.12. The molecule has 0 bridgehead atoms. The number of fused-ring (bicyclic) bond motifs is 1. The van der Waals surface area contributed by atoms with Crippen LogP contribution in [0.2, 0.25) is 5.02 Å². The van der Waals surface area contributed by atoms with Crippen LogP contribution in [0.25, 0.3) is 0 Å². The van der Waals surface area contributed by atoms with Crippen molar-refractivity contribution in [2.45, 2.75) is 25.3 Å². The van der Waals surface area contributed by atoms with Crippen molar-refractivity contribution in [3.05, 3.63) is 94.7 Å². The Bertz CT molecular complexity index is 1190. The minimum absolute atomic E-state index is 0.00417. The maximum atomic E-state index is 14.3. The Hall–Kier alpha value is -3.16. The standard InChI is InChI=1S/C29H31ClFN3O3/c30-24-9-4-10-25(31)28(24)29(36)34-18-21-16-33(17-22(21)19-34)14-13-26(20-6-2-1-3-7-20)32-27(35)12-11-23-8-5-15-37-23/h1-10,15,21-22,26H,11-14,16-19H2,(H,32,35)/t21-,22?,26?/m0/s1. The van der Waals surface area contributed by atoms with Crippen LogP contribution in [-0.4, -0.2) is 54.3 Å². The van der Waals surface area contributed by atoms with Gasteiger partial charge in [0.05, 0.1) is 22.9 Å². The maximum Gasteiger partial charge on any atom is 0.258 e. The van der Waals surface area contributed by atoms with Gasteiger partial charge >= 0.3 is 0 Å². The van der Waals surface area contributed by atoms with Crippen molar-refractivity contribution in [3.8, 4) is 0 Å². The molecule has 194 valence electrons. The van der Waals surface area contributed by atoms with Gasteiger partial charge in [0, 0.05) is 45.6 Å². The van der Waals surface area contributed by atoms with E-state index < -0.39 is 5.82 Å². The van der Waals surface area contributed by atoms with Crippen molar-refractivity contribution < 1.29 is 18.4 Å². The van der Waals surface area contributed by atoms with E-state index in [2.05, 4.69) is 10.2 Å². The van der Waals surface area contributed by atoms with Crippen molar-refractivity contribution >= 4 is 23.4 Å². The van der Waals surface area contributed by atoms with Gasteiger partial charge in [-0.25, -0.2) is 4.39 Å². The van der Waals surface area contributed by atoms with Gasteiger partial charge in [-0.3, -0.25) is 9.59 Å². The molecule has 2 aliphatic heterocycles. The summed E-state index contributed by atoms with van der Waals surface area (Å²) in [6.07, 6.45) is 3.36. The minimum atomic E-state index is -0.575. The third kappa shape index (κ3) is 6.05. The number of hydrogen-bond acceptors (Lipinski definition) is 4. The zero-order chi connectivity index (χ0) is 25.8. The lowest BCUT2D eigenvalue weighted by Gasteiger charge is -2.25. The molecule has 2 amide bonds. The van der Waals surface area contributed by atoms with E-state index in [0.29, 0.717) is 37.8 Å². The number of nitrogens with zero attached hydrogens (tertiary/aromatic N) is 2. The molecule has 2 aliphatic rings. The summed E-state index contributed by atoms with van der Waals surface area (Å²) in [4.78, 5) is 29.8. The second-order valence-corrected chi connectivity index (χ2v) is 10.4. The number of nitrogens with one attached hydrogen (secondary N) is 1. The van der Waals surface area contributed by atoms with Gasteiger partial charge in [-0.15, -0.1) is 0 Å². The van der Waals surface area contributed by atoms with Crippen molar-refractivity contribution in [1.29, 1.82) is 0 Å². The van der Waals surface area contributed by atoms with E-state index in [1.54, 1.807) is 17.2 Å². The van der Waals surface area contributed by atoms with Gasteiger partial charge in [0.1, 0.15) is 11.6 Å². The van der Waals surface area contributed by atoms with E-state index in [1.165, 1.54) is 12.1 Å². The molecule has 0 radical (unpaired) electrons. The molecule has 6 nitrogen and oxygen atoms in total. The minimum Gasteiger partial charge on any atom is -0.469 e. The molecule has 1 N–H and O–H groups in total. The zero-order valence-electron chi connectivity index (χ0n) is 20.6. The van der Waals surface area contributed by atoms with Crippen LogP contribution in [0.5, 0.6) is 0 Å². The Morgan fingerprint density at radius 3 is 2.43 bits per heavy atom. The Balaban J connectivity index is 1.14. The molecule has 2 saturated heterocycles. The molecule has 3 atom stereocenters. The summed E-state index contributed by atoms with van der Waals surface area (Å²) in [5.41, 5.74) is 1.06. The van der Waals surface area contributed by atoms with Crippen molar-refractivity contribution in [1.82, 2.24) is 15.1 Å². The molecule has 3 heterocycles. The summed E-state index contributed by atoms with van der Waals surface area (Å²) in [5.74, 6) is 0.615.